The van der Waals surface area contributed by atoms with Crippen molar-refractivity contribution in [2.75, 3.05) is 73.1 Å². The highest BCUT2D eigenvalue weighted by atomic mass is 16.5. The van der Waals surface area contributed by atoms with E-state index in [0.717, 1.165) is 58.1 Å². The predicted octanol–water partition coefficient (Wildman–Crippen LogP) is 1.74. The molecule has 1 aliphatic heterocycles. The minimum Gasteiger partial charge on any atom is -0.491 e. The topological polar surface area (TPSA) is 51.2 Å². The van der Waals surface area contributed by atoms with Gasteiger partial charge in [-0.1, -0.05) is 32.9 Å². The number of nitrogens with one attached hydrogen (secondary N) is 1. The summed E-state index contributed by atoms with van der Waals surface area (Å²) < 4.78 is 5.87. The van der Waals surface area contributed by atoms with Gasteiger partial charge in [-0.05, 0) is 43.8 Å². The normalized spacial score (nSPS) is 17.6. The van der Waals surface area contributed by atoms with Crippen LogP contribution in [0.3, 0.4) is 0 Å². The van der Waals surface area contributed by atoms with Crippen molar-refractivity contribution in [1.82, 2.24) is 20.0 Å². The molecule has 0 aromatic heterocycles. The lowest BCUT2D eigenvalue weighted by atomic mass is 9.93. The third-order valence-electron chi connectivity index (χ3n) is 5.40. The van der Waals surface area contributed by atoms with Crippen molar-refractivity contribution in [2.45, 2.75) is 33.4 Å². The van der Waals surface area contributed by atoms with Gasteiger partial charge in [-0.15, -0.1) is 0 Å². The molecule has 2 N–H and O–H groups in total. The van der Waals surface area contributed by atoms with Crippen LogP contribution in [-0.2, 0) is 6.54 Å². The molecule has 6 nitrogen and oxygen atoms in total. The monoisotopic (exact) mass is 406 g/mol. The van der Waals surface area contributed by atoms with Crippen molar-refractivity contribution in [1.29, 1.82) is 0 Å². The van der Waals surface area contributed by atoms with E-state index in [2.05, 4.69) is 67.0 Å². The van der Waals surface area contributed by atoms with Crippen molar-refractivity contribution in [2.24, 2.45) is 5.41 Å². The Kier molecular flexibility index (Phi) is 9.86. The molecule has 0 saturated carbocycles. The Morgan fingerprint density at radius 3 is 2.52 bits per heavy atom. The maximum atomic E-state index is 10.4. The summed E-state index contributed by atoms with van der Waals surface area (Å²) in [4.78, 5) is 7.00. The number of β-amino-alcohol motifs (C(OH)–C–C–N with tert-alkyl or cyclic N) is 1. The van der Waals surface area contributed by atoms with E-state index in [1.165, 1.54) is 5.56 Å². The van der Waals surface area contributed by atoms with Crippen molar-refractivity contribution < 1.29 is 9.84 Å². The Bertz CT molecular complexity index is 586. The van der Waals surface area contributed by atoms with E-state index in [1.54, 1.807) is 0 Å². The van der Waals surface area contributed by atoms with Gasteiger partial charge in [0, 0.05) is 52.4 Å². The van der Waals surface area contributed by atoms with E-state index in [1.807, 2.05) is 12.1 Å². The lowest BCUT2D eigenvalue weighted by molar-refractivity contribution is 0.0471. The lowest BCUT2D eigenvalue weighted by Gasteiger charge is -2.34. The van der Waals surface area contributed by atoms with Gasteiger partial charge >= 0.3 is 0 Å². The molecule has 1 aromatic carbocycles. The fourth-order valence-corrected chi connectivity index (χ4v) is 4.03. The Morgan fingerprint density at radius 1 is 1.17 bits per heavy atom. The quantitative estimate of drug-likeness (QED) is 0.552. The average molecular weight is 407 g/mol. The summed E-state index contributed by atoms with van der Waals surface area (Å²) in [7, 11) is 4.23. The molecule has 0 bridgehead atoms. The number of benzene rings is 1. The maximum Gasteiger partial charge on any atom is 0.119 e. The fourth-order valence-electron chi connectivity index (χ4n) is 4.03. The zero-order chi connectivity index (χ0) is 21.3. The second-order valence-electron chi connectivity index (χ2n) is 9.35. The van der Waals surface area contributed by atoms with E-state index < -0.39 is 6.10 Å². The predicted molar refractivity (Wildman–Crippen MR) is 121 cm³/mol. The Labute approximate surface area is 177 Å². The van der Waals surface area contributed by atoms with Gasteiger partial charge in [-0.3, -0.25) is 4.90 Å². The van der Waals surface area contributed by atoms with Crippen LogP contribution in [0.1, 0.15) is 26.3 Å². The molecular formula is C23H42N4O2. The molecule has 1 atom stereocenters. The third-order valence-corrected chi connectivity index (χ3v) is 5.40. The molecule has 0 unspecified atom stereocenters. The number of aliphatic hydroxyl groups is 1. The van der Waals surface area contributed by atoms with Gasteiger partial charge in [-0.25, -0.2) is 0 Å². The van der Waals surface area contributed by atoms with Crippen LogP contribution in [0.2, 0.25) is 0 Å². The van der Waals surface area contributed by atoms with Crippen molar-refractivity contribution in [3.05, 3.63) is 29.8 Å². The molecule has 0 spiro atoms. The molecule has 166 valence electrons. The average Bonchev–Trinajstić information content (AvgIpc) is 2.66. The van der Waals surface area contributed by atoms with Crippen LogP contribution >= 0.6 is 0 Å². The highest BCUT2D eigenvalue weighted by molar-refractivity contribution is 5.28. The maximum absolute atomic E-state index is 10.4. The van der Waals surface area contributed by atoms with Gasteiger partial charge in [0.1, 0.15) is 18.5 Å². The minimum absolute atomic E-state index is 0.227. The molecule has 0 aliphatic carbocycles. The summed E-state index contributed by atoms with van der Waals surface area (Å²) in [5.74, 6) is 0.826. The highest BCUT2D eigenvalue weighted by Crippen LogP contribution is 2.16. The fraction of sp³-hybridized carbons (Fsp3) is 0.739. The molecule has 1 aromatic rings. The zero-order valence-corrected chi connectivity index (χ0v) is 19.2. The summed E-state index contributed by atoms with van der Waals surface area (Å²) in [5.41, 5.74) is 1.43. The van der Waals surface area contributed by atoms with Gasteiger partial charge in [0.05, 0.1) is 0 Å². The zero-order valence-electron chi connectivity index (χ0n) is 19.2. The van der Waals surface area contributed by atoms with Gasteiger partial charge in [0.2, 0.25) is 0 Å². The molecule has 0 amide bonds. The molecular weight excluding hydrogens is 364 g/mol. The SMILES string of the molecule is CCN1CCN(C[C@H](O)COc2cccc(CNCC(C)(C)CN(C)C)c2)CC1. The molecule has 29 heavy (non-hydrogen) atoms. The van der Waals surface area contributed by atoms with Gasteiger partial charge in [0.25, 0.3) is 0 Å². The van der Waals surface area contributed by atoms with E-state index >= 15 is 0 Å². The molecule has 0 radical (unpaired) electrons. The highest BCUT2D eigenvalue weighted by Gasteiger charge is 2.19. The number of likely N-dealkylation sites (N-methyl/N-ethyl adjacent to an activating group) is 1. The number of hydrogen-bond donors (Lipinski definition) is 2. The van der Waals surface area contributed by atoms with Crippen LogP contribution in [-0.4, -0.2) is 99.0 Å². The second kappa shape index (κ2) is 11.9. The largest absolute Gasteiger partial charge is 0.491 e. The summed E-state index contributed by atoms with van der Waals surface area (Å²) >= 11 is 0. The van der Waals surface area contributed by atoms with Gasteiger partial charge in [0.15, 0.2) is 0 Å². The van der Waals surface area contributed by atoms with Crippen LogP contribution in [0.4, 0.5) is 0 Å². The van der Waals surface area contributed by atoms with Crippen LogP contribution in [0.5, 0.6) is 5.75 Å². The first kappa shape index (κ1) is 24.1. The molecule has 6 heteroatoms. The Hall–Kier alpha value is -1.18. The number of nitrogens with zero attached hydrogens (tertiary/aromatic N) is 3. The first-order valence-corrected chi connectivity index (χ1v) is 11.0. The van der Waals surface area contributed by atoms with Gasteiger partial charge < -0.3 is 25.0 Å². The first-order chi connectivity index (χ1) is 13.8. The van der Waals surface area contributed by atoms with Crippen LogP contribution < -0.4 is 10.1 Å². The third kappa shape index (κ3) is 9.45. The van der Waals surface area contributed by atoms with Crippen LogP contribution in [0, 0.1) is 5.41 Å². The van der Waals surface area contributed by atoms with E-state index in [4.69, 9.17) is 4.74 Å². The number of rotatable bonds is 12. The van der Waals surface area contributed by atoms with Crippen molar-refractivity contribution in [3.63, 3.8) is 0 Å². The number of hydrogen-bond acceptors (Lipinski definition) is 6. The Balaban J connectivity index is 1.71. The standard InChI is InChI=1S/C23H42N4O2/c1-6-26-10-12-27(13-11-26)16-21(28)17-29-22-9-7-8-20(14-22)15-24-18-23(2,3)19-25(4)5/h7-9,14,21,24,28H,6,10-13,15-19H2,1-5H3/t21-/m0/s1. The summed E-state index contributed by atoms with van der Waals surface area (Å²) in [6.45, 7) is 15.9. The Morgan fingerprint density at radius 2 is 1.86 bits per heavy atom. The number of piperazine rings is 1. The second-order valence-corrected chi connectivity index (χ2v) is 9.35. The molecule has 1 heterocycles. The van der Waals surface area contributed by atoms with Crippen molar-refractivity contribution >= 4 is 0 Å². The summed E-state index contributed by atoms with van der Waals surface area (Å²) in [5, 5.41) is 13.9. The minimum atomic E-state index is -0.461. The van der Waals surface area contributed by atoms with E-state index in [0.29, 0.717) is 13.2 Å². The first-order valence-electron chi connectivity index (χ1n) is 11.0. The smallest absolute Gasteiger partial charge is 0.119 e. The number of ether oxygens (including phenoxy) is 1. The molecule has 1 saturated heterocycles. The number of aliphatic hydroxyl groups excluding tert-OH is 1. The molecule has 1 aliphatic rings. The van der Waals surface area contributed by atoms with Crippen molar-refractivity contribution in [3.8, 4) is 5.75 Å². The molecule has 2 rings (SSSR count). The summed E-state index contributed by atoms with van der Waals surface area (Å²) in [6, 6.07) is 8.17. The van der Waals surface area contributed by atoms with E-state index in [-0.39, 0.29) is 5.41 Å². The lowest BCUT2D eigenvalue weighted by Crippen LogP contribution is -2.49. The molecule has 1 fully saturated rings. The van der Waals surface area contributed by atoms with Crippen LogP contribution in [0.15, 0.2) is 24.3 Å². The van der Waals surface area contributed by atoms with E-state index in [9.17, 15) is 5.11 Å². The summed E-state index contributed by atoms with van der Waals surface area (Å²) in [6.07, 6.45) is -0.461. The van der Waals surface area contributed by atoms with Crippen LogP contribution in [0.25, 0.3) is 0 Å². The van der Waals surface area contributed by atoms with Gasteiger partial charge in [-0.2, -0.15) is 0 Å².